The average molecular weight is 424 g/mol. The van der Waals surface area contributed by atoms with Crippen LogP contribution in [0.4, 0.5) is 5.69 Å². The molecule has 0 unspecified atom stereocenters. The predicted octanol–water partition coefficient (Wildman–Crippen LogP) is 5.12. The van der Waals surface area contributed by atoms with E-state index >= 15 is 0 Å². The fourth-order valence-corrected chi connectivity index (χ4v) is 4.38. The highest BCUT2D eigenvalue weighted by Gasteiger charge is 2.31. The number of aliphatic hydroxyl groups excluding tert-OH is 1. The molecule has 0 amide bonds. The van der Waals surface area contributed by atoms with Crippen LogP contribution in [0.25, 0.3) is 0 Å². The van der Waals surface area contributed by atoms with Crippen molar-refractivity contribution in [3.63, 3.8) is 0 Å². The van der Waals surface area contributed by atoms with Gasteiger partial charge in [0.2, 0.25) is 0 Å². The van der Waals surface area contributed by atoms with Crippen LogP contribution in [0.2, 0.25) is 0 Å². The first-order valence-electron chi connectivity index (χ1n) is 9.14. The summed E-state index contributed by atoms with van der Waals surface area (Å²) in [6.45, 7) is 2.30. The van der Waals surface area contributed by atoms with Gasteiger partial charge >= 0.3 is 0 Å². The van der Waals surface area contributed by atoms with E-state index < -0.39 is 0 Å². The van der Waals surface area contributed by atoms with E-state index in [-0.39, 0.29) is 12.5 Å². The maximum atomic E-state index is 9.86. The van der Waals surface area contributed by atoms with Crippen LogP contribution in [0.15, 0.2) is 77.3 Å². The first kappa shape index (κ1) is 18.1. The maximum Gasteiger partial charge on any atom is 0.123 e. The molecule has 0 saturated heterocycles. The van der Waals surface area contributed by atoms with E-state index in [0.29, 0.717) is 6.61 Å². The number of anilines is 1. The Morgan fingerprint density at radius 3 is 2.30 bits per heavy atom. The predicted molar refractivity (Wildman–Crippen MR) is 112 cm³/mol. The van der Waals surface area contributed by atoms with Gasteiger partial charge in [-0.25, -0.2) is 0 Å². The van der Waals surface area contributed by atoms with Crippen molar-refractivity contribution in [3.05, 3.63) is 94.0 Å². The van der Waals surface area contributed by atoms with Crippen molar-refractivity contribution >= 4 is 21.6 Å². The van der Waals surface area contributed by atoms with E-state index in [1.165, 1.54) is 11.1 Å². The molecule has 4 heteroatoms. The van der Waals surface area contributed by atoms with Crippen LogP contribution in [0.1, 0.15) is 22.6 Å². The topological polar surface area (TPSA) is 32.7 Å². The molecule has 0 fully saturated rings. The average Bonchev–Trinajstić information content (AvgIpc) is 3.06. The molecule has 138 valence electrons. The fraction of sp³-hybridized carbons (Fsp3) is 0.217. The monoisotopic (exact) mass is 423 g/mol. The second kappa shape index (κ2) is 8.15. The fourth-order valence-electron chi connectivity index (χ4n) is 3.63. The zero-order valence-corrected chi connectivity index (χ0v) is 16.6. The van der Waals surface area contributed by atoms with Crippen molar-refractivity contribution in [1.29, 1.82) is 0 Å². The quantitative estimate of drug-likeness (QED) is 0.596. The molecule has 1 aliphatic heterocycles. The van der Waals surface area contributed by atoms with Crippen molar-refractivity contribution in [2.75, 3.05) is 18.1 Å². The maximum absolute atomic E-state index is 9.86. The molecule has 3 aromatic rings. The summed E-state index contributed by atoms with van der Waals surface area (Å²) < 4.78 is 7.04. The van der Waals surface area contributed by atoms with Gasteiger partial charge in [0.05, 0.1) is 6.61 Å². The van der Waals surface area contributed by atoms with Crippen molar-refractivity contribution in [3.8, 4) is 5.75 Å². The smallest absolute Gasteiger partial charge is 0.123 e. The minimum absolute atomic E-state index is 0.112. The highest BCUT2D eigenvalue weighted by Crippen LogP contribution is 2.44. The van der Waals surface area contributed by atoms with Gasteiger partial charge in [-0.05, 0) is 22.8 Å². The van der Waals surface area contributed by atoms with Gasteiger partial charge in [-0.3, -0.25) is 0 Å². The first-order chi connectivity index (χ1) is 13.2. The van der Waals surface area contributed by atoms with Crippen molar-refractivity contribution < 1.29 is 9.84 Å². The molecule has 1 aliphatic rings. The van der Waals surface area contributed by atoms with E-state index in [9.17, 15) is 5.11 Å². The Hall–Kier alpha value is -2.30. The summed E-state index contributed by atoms with van der Waals surface area (Å²) in [5, 5.41) is 9.86. The Morgan fingerprint density at radius 2 is 1.63 bits per heavy atom. The molecule has 4 rings (SSSR count). The second-order valence-electron chi connectivity index (χ2n) is 6.86. The number of halogens is 1. The van der Waals surface area contributed by atoms with Crippen molar-refractivity contribution in [2.24, 2.45) is 0 Å². The van der Waals surface area contributed by atoms with Crippen LogP contribution >= 0.6 is 15.9 Å². The SMILES string of the molecule is OC[C@@H]1CN(Cc2ccccc2)c2cc(OCc3ccccc3)cc(Br)c21. The molecule has 1 atom stereocenters. The van der Waals surface area contributed by atoms with Crippen LogP contribution in [0, 0.1) is 0 Å². The van der Waals surface area contributed by atoms with Crippen LogP contribution in [0.3, 0.4) is 0 Å². The molecule has 3 nitrogen and oxygen atoms in total. The summed E-state index contributed by atoms with van der Waals surface area (Å²) in [5.41, 5.74) is 4.70. The van der Waals surface area contributed by atoms with E-state index in [0.717, 1.165) is 34.6 Å². The lowest BCUT2D eigenvalue weighted by Crippen LogP contribution is -2.22. The molecule has 0 bridgehead atoms. The lowest BCUT2D eigenvalue weighted by Gasteiger charge is -2.21. The van der Waals surface area contributed by atoms with E-state index in [1.54, 1.807) is 0 Å². The summed E-state index contributed by atoms with van der Waals surface area (Å²) in [6.07, 6.45) is 0. The van der Waals surface area contributed by atoms with E-state index in [2.05, 4.69) is 63.3 Å². The summed E-state index contributed by atoms with van der Waals surface area (Å²) in [5.74, 6) is 0.947. The number of benzene rings is 3. The number of nitrogens with zero attached hydrogens (tertiary/aromatic N) is 1. The Balaban J connectivity index is 1.60. The van der Waals surface area contributed by atoms with Crippen LogP contribution in [-0.2, 0) is 13.2 Å². The van der Waals surface area contributed by atoms with Gasteiger partial charge in [0.25, 0.3) is 0 Å². The third-order valence-corrected chi connectivity index (χ3v) is 5.61. The lowest BCUT2D eigenvalue weighted by molar-refractivity contribution is 0.270. The van der Waals surface area contributed by atoms with Crippen molar-refractivity contribution in [2.45, 2.75) is 19.1 Å². The van der Waals surface area contributed by atoms with Gasteiger partial charge in [0, 0.05) is 35.2 Å². The van der Waals surface area contributed by atoms with E-state index in [4.69, 9.17) is 4.74 Å². The summed E-state index contributed by atoms with van der Waals surface area (Å²) in [4.78, 5) is 2.33. The number of fused-ring (bicyclic) bond motifs is 1. The van der Waals surface area contributed by atoms with Gasteiger partial charge in [-0.2, -0.15) is 0 Å². The third kappa shape index (κ3) is 4.02. The standard InChI is InChI=1S/C23H22BrNO2/c24-21-11-20(27-16-18-9-5-2-6-10-18)12-22-23(21)19(15-26)14-25(22)13-17-7-3-1-4-8-17/h1-12,19,26H,13-16H2/t19-/m0/s1. The third-order valence-electron chi connectivity index (χ3n) is 4.96. The summed E-state index contributed by atoms with van der Waals surface area (Å²) in [6, 6.07) is 24.7. The first-order valence-corrected chi connectivity index (χ1v) is 9.94. The molecule has 1 heterocycles. The Kier molecular flexibility index (Phi) is 5.46. The van der Waals surface area contributed by atoms with Gasteiger partial charge in [-0.1, -0.05) is 76.6 Å². The molecule has 3 aromatic carbocycles. The molecule has 1 N–H and O–H groups in total. The number of aliphatic hydroxyl groups is 1. The van der Waals surface area contributed by atoms with Crippen molar-refractivity contribution in [1.82, 2.24) is 0 Å². The van der Waals surface area contributed by atoms with Crippen LogP contribution < -0.4 is 9.64 Å². The summed E-state index contributed by atoms with van der Waals surface area (Å²) >= 11 is 3.70. The molecule has 0 saturated carbocycles. The molecular formula is C23H22BrNO2. The number of rotatable bonds is 6. The minimum Gasteiger partial charge on any atom is -0.489 e. The minimum atomic E-state index is 0.112. The van der Waals surface area contributed by atoms with Crippen LogP contribution in [0.5, 0.6) is 5.75 Å². The number of hydrogen-bond donors (Lipinski definition) is 1. The van der Waals surface area contributed by atoms with Gasteiger partial charge < -0.3 is 14.7 Å². The molecule has 0 aromatic heterocycles. The summed E-state index contributed by atoms with van der Waals surface area (Å²) in [7, 11) is 0. The van der Waals surface area contributed by atoms with Crippen LogP contribution in [-0.4, -0.2) is 18.3 Å². The normalized spacial score (nSPS) is 15.6. The molecule has 0 aliphatic carbocycles. The molecule has 0 spiro atoms. The Labute approximate surface area is 168 Å². The highest BCUT2D eigenvalue weighted by molar-refractivity contribution is 9.10. The number of ether oxygens (including phenoxy) is 1. The largest absolute Gasteiger partial charge is 0.489 e. The Morgan fingerprint density at radius 1 is 0.963 bits per heavy atom. The zero-order chi connectivity index (χ0) is 18.6. The Bertz CT molecular complexity index is 899. The van der Waals surface area contributed by atoms with E-state index in [1.807, 2.05) is 30.3 Å². The second-order valence-corrected chi connectivity index (χ2v) is 7.71. The van der Waals surface area contributed by atoms with Gasteiger partial charge in [0.15, 0.2) is 0 Å². The molecule has 0 radical (unpaired) electrons. The molecule has 27 heavy (non-hydrogen) atoms. The van der Waals surface area contributed by atoms with Gasteiger partial charge in [-0.15, -0.1) is 0 Å². The molecular weight excluding hydrogens is 402 g/mol. The zero-order valence-electron chi connectivity index (χ0n) is 15.0. The van der Waals surface area contributed by atoms with Gasteiger partial charge in [0.1, 0.15) is 12.4 Å². The highest BCUT2D eigenvalue weighted by atomic mass is 79.9. The number of hydrogen-bond acceptors (Lipinski definition) is 3. The lowest BCUT2D eigenvalue weighted by atomic mass is 10.0.